The molecule has 3 rings (SSSR count). The molecule has 6 nitrogen and oxygen atoms in total. The largest absolute Gasteiger partial charge is 0.379 e. The number of morpholine rings is 1. The van der Waals surface area contributed by atoms with Gasteiger partial charge in [-0.1, -0.05) is 30.3 Å². The summed E-state index contributed by atoms with van der Waals surface area (Å²) in [6, 6.07) is 15.9. The van der Waals surface area contributed by atoms with Crippen LogP contribution in [0.1, 0.15) is 5.56 Å². The summed E-state index contributed by atoms with van der Waals surface area (Å²) < 4.78 is 31.8. The molecule has 27 heavy (non-hydrogen) atoms. The Hall–Kier alpha value is -2.48. The van der Waals surface area contributed by atoms with Crippen LogP contribution in [0.2, 0.25) is 0 Å². The van der Waals surface area contributed by atoms with Crippen molar-refractivity contribution < 1.29 is 17.9 Å². The Bertz CT molecular complexity index is 903. The zero-order valence-corrected chi connectivity index (χ0v) is 15.9. The fraction of sp³-hybridized carbons (Fsp3) is 0.250. The maximum Gasteiger partial charge on any atom is 0.250 e. The second-order valence-corrected chi connectivity index (χ2v) is 8.09. The molecule has 1 heterocycles. The number of anilines is 1. The first-order valence-corrected chi connectivity index (χ1v) is 10.1. The summed E-state index contributed by atoms with van der Waals surface area (Å²) in [5.41, 5.74) is 1.56. The molecule has 1 saturated heterocycles. The van der Waals surface area contributed by atoms with Crippen LogP contribution in [0.3, 0.4) is 0 Å². The van der Waals surface area contributed by atoms with E-state index in [1.807, 2.05) is 30.3 Å². The van der Waals surface area contributed by atoms with Crippen molar-refractivity contribution in [3.8, 4) is 0 Å². The summed E-state index contributed by atoms with van der Waals surface area (Å²) in [7, 11) is -1.80. The lowest BCUT2D eigenvalue weighted by molar-refractivity contribution is -0.113. The van der Waals surface area contributed by atoms with E-state index in [4.69, 9.17) is 4.74 Å². The van der Waals surface area contributed by atoms with Crippen LogP contribution in [0.4, 0.5) is 5.69 Å². The molecule has 0 aliphatic carbocycles. The topological polar surface area (TPSA) is 66.9 Å². The number of benzene rings is 2. The van der Waals surface area contributed by atoms with Crippen molar-refractivity contribution in [1.82, 2.24) is 4.31 Å². The Balaban J connectivity index is 1.68. The lowest BCUT2D eigenvalue weighted by Gasteiger charge is -2.26. The van der Waals surface area contributed by atoms with Gasteiger partial charge in [-0.3, -0.25) is 4.79 Å². The van der Waals surface area contributed by atoms with Crippen LogP contribution >= 0.6 is 0 Å². The van der Waals surface area contributed by atoms with Gasteiger partial charge >= 0.3 is 0 Å². The summed E-state index contributed by atoms with van der Waals surface area (Å²) >= 11 is 0. The Labute approximate surface area is 159 Å². The van der Waals surface area contributed by atoms with Crippen LogP contribution in [-0.4, -0.2) is 52.0 Å². The van der Waals surface area contributed by atoms with Gasteiger partial charge in [0.25, 0.3) is 5.91 Å². The van der Waals surface area contributed by atoms with Crippen molar-refractivity contribution in [2.24, 2.45) is 0 Å². The van der Waals surface area contributed by atoms with Gasteiger partial charge in [-0.25, -0.2) is 8.42 Å². The van der Waals surface area contributed by atoms with Gasteiger partial charge in [0.2, 0.25) is 10.0 Å². The quantitative estimate of drug-likeness (QED) is 0.740. The summed E-state index contributed by atoms with van der Waals surface area (Å²) in [6.07, 6.45) is 3.14. The molecule has 1 aliphatic rings. The minimum Gasteiger partial charge on any atom is -0.379 e. The number of hydrogen-bond donors (Lipinski definition) is 0. The van der Waals surface area contributed by atoms with Gasteiger partial charge in [0, 0.05) is 31.9 Å². The third-order valence-corrected chi connectivity index (χ3v) is 6.29. The van der Waals surface area contributed by atoms with E-state index in [0.717, 1.165) is 11.3 Å². The highest BCUT2D eigenvalue weighted by atomic mass is 32.2. The molecule has 1 fully saturated rings. The highest BCUT2D eigenvalue weighted by molar-refractivity contribution is 7.89. The smallest absolute Gasteiger partial charge is 0.250 e. The zero-order valence-electron chi connectivity index (χ0n) is 15.1. The van der Waals surface area contributed by atoms with E-state index in [1.165, 1.54) is 10.4 Å². The molecule has 0 bridgehead atoms. The molecule has 0 radical (unpaired) electrons. The second kappa shape index (κ2) is 8.47. The second-order valence-electron chi connectivity index (χ2n) is 6.15. The molecule has 0 N–H and O–H groups in total. The predicted octanol–water partition coefficient (Wildman–Crippen LogP) is 2.38. The van der Waals surface area contributed by atoms with Crippen molar-refractivity contribution in [3.63, 3.8) is 0 Å². The molecule has 1 aliphatic heterocycles. The number of sulfonamides is 1. The molecule has 0 aromatic heterocycles. The van der Waals surface area contributed by atoms with E-state index in [2.05, 4.69) is 0 Å². The molecule has 0 spiro atoms. The van der Waals surface area contributed by atoms with Crippen LogP contribution in [0.5, 0.6) is 0 Å². The van der Waals surface area contributed by atoms with Crippen LogP contribution in [0.25, 0.3) is 6.08 Å². The third kappa shape index (κ3) is 4.63. The Morgan fingerprint density at radius 3 is 2.30 bits per heavy atom. The summed E-state index contributed by atoms with van der Waals surface area (Å²) in [5, 5.41) is 0. The van der Waals surface area contributed by atoms with Crippen LogP contribution < -0.4 is 4.90 Å². The third-order valence-electron chi connectivity index (χ3n) is 4.38. The van der Waals surface area contributed by atoms with E-state index < -0.39 is 10.0 Å². The number of ether oxygens (including phenoxy) is 1. The number of hydrogen-bond acceptors (Lipinski definition) is 4. The molecule has 2 aromatic carbocycles. The first-order valence-electron chi connectivity index (χ1n) is 8.67. The lowest BCUT2D eigenvalue weighted by Crippen LogP contribution is -2.40. The van der Waals surface area contributed by atoms with E-state index in [0.29, 0.717) is 26.3 Å². The molecule has 142 valence electrons. The standard InChI is InChI=1S/C20H22N2O4S/c1-21(18-5-3-2-4-6-18)20(23)12-9-17-7-10-19(11-8-17)27(24,25)22-13-15-26-16-14-22/h2-12H,13-16H2,1H3/b12-9+. The molecule has 0 unspecified atom stereocenters. The molecule has 1 amide bonds. The van der Waals surface area contributed by atoms with Crippen LogP contribution in [0.15, 0.2) is 65.6 Å². The van der Waals surface area contributed by atoms with E-state index in [1.54, 1.807) is 42.3 Å². The van der Waals surface area contributed by atoms with E-state index in [-0.39, 0.29) is 10.8 Å². The van der Waals surface area contributed by atoms with Crippen molar-refractivity contribution in [2.75, 3.05) is 38.3 Å². The lowest BCUT2D eigenvalue weighted by atomic mass is 10.2. The van der Waals surface area contributed by atoms with Gasteiger partial charge in [-0.2, -0.15) is 4.31 Å². The van der Waals surface area contributed by atoms with Crippen LogP contribution in [0, 0.1) is 0 Å². The highest BCUT2D eigenvalue weighted by Crippen LogP contribution is 2.18. The van der Waals surface area contributed by atoms with Gasteiger partial charge in [0.15, 0.2) is 0 Å². The maximum atomic E-state index is 12.6. The number of carbonyl (C=O) groups is 1. The van der Waals surface area contributed by atoms with Crippen molar-refractivity contribution >= 4 is 27.7 Å². The van der Waals surface area contributed by atoms with Gasteiger partial charge in [0.1, 0.15) is 0 Å². The molecular formula is C20H22N2O4S. The Morgan fingerprint density at radius 2 is 1.67 bits per heavy atom. The molecule has 7 heteroatoms. The number of para-hydroxylation sites is 1. The van der Waals surface area contributed by atoms with Crippen molar-refractivity contribution in [2.45, 2.75) is 4.90 Å². The number of nitrogens with zero attached hydrogens (tertiary/aromatic N) is 2. The Morgan fingerprint density at radius 1 is 1.04 bits per heavy atom. The van der Waals surface area contributed by atoms with Gasteiger partial charge in [-0.15, -0.1) is 0 Å². The minimum absolute atomic E-state index is 0.161. The molecule has 2 aromatic rings. The average molecular weight is 386 g/mol. The van der Waals surface area contributed by atoms with Crippen molar-refractivity contribution in [3.05, 3.63) is 66.2 Å². The number of rotatable bonds is 5. The van der Waals surface area contributed by atoms with Crippen molar-refractivity contribution in [1.29, 1.82) is 0 Å². The monoisotopic (exact) mass is 386 g/mol. The fourth-order valence-electron chi connectivity index (χ4n) is 2.75. The Kier molecular flexibility index (Phi) is 6.05. The highest BCUT2D eigenvalue weighted by Gasteiger charge is 2.25. The number of likely N-dealkylation sites (N-methyl/N-ethyl adjacent to an activating group) is 1. The normalized spacial score (nSPS) is 15.7. The molecular weight excluding hydrogens is 364 g/mol. The van der Waals surface area contributed by atoms with Gasteiger partial charge in [-0.05, 0) is 35.9 Å². The fourth-order valence-corrected chi connectivity index (χ4v) is 4.15. The van der Waals surface area contributed by atoms with Crippen LogP contribution in [-0.2, 0) is 19.6 Å². The number of amides is 1. The average Bonchev–Trinajstić information content (AvgIpc) is 2.73. The predicted molar refractivity (Wildman–Crippen MR) is 105 cm³/mol. The summed E-state index contributed by atoms with van der Waals surface area (Å²) in [4.78, 5) is 14.1. The first-order chi connectivity index (χ1) is 13.0. The number of carbonyl (C=O) groups excluding carboxylic acids is 1. The van der Waals surface area contributed by atoms with Gasteiger partial charge in [0.05, 0.1) is 18.1 Å². The molecule has 0 atom stereocenters. The van der Waals surface area contributed by atoms with Gasteiger partial charge < -0.3 is 9.64 Å². The maximum absolute atomic E-state index is 12.6. The van der Waals surface area contributed by atoms with E-state index in [9.17, 15) is 13.2 Å². The summed E-state index contributed by atoms with van der Waals surface area (Å²) in [6.45, 7) is 1.56. The molecule has 0 saturated carbocycles. The summed E-state index contributed by atoms with van der Waals surface area (Å²) in [5.74, 6) is -0.161. The minimum atomic E-state index is -3.51. The SMILES string of the molecule is CN(C(=O)/C=C/c1ccc(S(=O)(=O)N2CCOCC2)cc1)c1ccccc1. The van der Waals surface area contributed by atoms with E-state index >= 15 is 0 Å². The zero-order chi connectivity index (χ0) is 19.3. The first kappa shape index (κ1) is 19.3.